The lowest BCUT2D eigenvalue weighted by atomic mass is 10.1. The van der Waals surface area contributed by atoms with E-state index in [9.17, 15) is 0 Å². The molecule has 102 valence electrons. The first kappa shape index (κ1) is 14.5. The molecule has 1 aliphatic heterocycles. The van der Waals surface area contributed by atoms with Crippen LogP contribution in [0, 0.1) is 5.92 Å². The van der Waals surface area contributed by atoms with Gasteiger partial charge in [0.2, 0.25) is 0 Å². The van der Waals surface area contributed by atoms with E-state index >= 15 is 0 Å². The summed E-state index contributed by atoms with van der Waals surface area (Å²) < 4.78 is 1.08. The standard InChI is InChI=1S/C14H18BrN3S/c1-10(2)9-16-14(19)18-7-6-13(17-18)11-4-3-5-12(15)8-11/h3-5,8,10H,6-7,9H2,1-2H3,(H,16,19). The molecule has 2 rings (SSSR count). The van der Waals surface area contributed by atoms with Crippen molar-refractivity contribution in [3.63, 3.8) is 0 Å². The SMILES string of the molecule is CC(C)CNC(=S)N1CCC(c2cccc(Br)c2)=N1. The summed E-state index contributed by atoms with van der Waals surface area (Å²) >= 11 is 8.85. The third-order valence-corrected chi connectivity index (χ3v) is 3.70. The highest BCUT2D eigenvalue weighted by atomic mass is 79.9. The van der Waals surface area contributed by atoms with Crippen LogP contribution >= 0.6 is 28.1 Å². The zero-order chi connectivity index (χ0) is 13.8. The molecule has 0 fully saturated rings. The van der Waals surface area contributed by atoms with E-state index in [1.54, 1.807) is 0 Å². The highest BCUT2D eigenvalue weighted by Gasteiger charge is 2.19. The molecule has 0 saturated carbocycles. The van der Waals surface area contributed by atoms with Gasteiger partial charge in [-0.2, -0.15) is 5.10 Å². The molecule has 0 aliphatic carbocycles. The van der Waals surface area contributed by atoms with E-state index < -0.39 is 0 Å². The number of thiocarbonyl (C=S) groups is 1. The molecule has 0 amide bonds. The van der Waals surface area contributed by atoms with E-state index in [0.29, 0.717) is 5.92 Å². The van der Waals surface area contributed by atoms with Crippen molar-refractivity contribution in [3.05, 3.63) is 34.3 Å². The molecule has 0 unspecified atom stereocenters. The number of hydrogen-bond acceptors (Lipinski definition) is 2. The Balaban J connectivity index is 2.02. The molecule has 0 spiro atoms. The number of hydrogen-bond donors (Lipinski definition) is 1. The van der Waals surface area contributed by atoms with Crippen LogP contribution in [0.25, 0.3) is 0 Å². The Kier molecular flexibility index (Phi) is 4.93. The van der Waals surface area contributed by atoms with Gasteiger partial charge in [-0.15, -0.1) is 0 Å². The van der Waals surface area contributed by atoms with Crippen molar-refractivity contribution in [2.45, 2.75) is 20.3 Å². The molecule has 1 heterocycles. The monoisotopic (exact) mass is 339 g/mol. The van der Waals surface area contributed by atoms with Crippen molar-refractivity contribution in [1.82, 2.24) is 10.3 Å². The number of nitrogens with zero attached hydrogens (tertiary/aromatic N) is 2. The zero-order valence-electron chi connectivity index (χ0n) is 11.2. The lowest BCUT2D eigenvalue weighted by Gasteiger charge is -2.17. The Morgan fingerprint density at radius 2 is 2.32 bits per heavy atom. The Labute approximate surface area is 128 Å². The summed E-state index contributed by atoms with van der Waals surface area (Å²) in [6, 6.07) is 8.22. The van der Waals surface area contributed by atoms with Gasteiger partial charge in [0.15, 0.2) is 5.11 Å². The van der Waals surface area contributed by atoms with Crippen LogP contribution in [0.15, 0.2) is 33.8 Å². The summed E-state index contributed by atoms with van der Waals surface area (Å²) in [6.07, 6.45) is 0.931. The van der Waals surface area contributed by atoms with Crippen LogP contribution in [0.5, 0.6) is 0 Å². The third kappa shape index (κ3) is 4.01. The molecule has 3 nitrogen and oxygen atoms in total. The van der Waals surface area contributed by atoms with Crippen molar-refractivity contribution in [2.75, 3.05) is 13.1 Å². The van der Waals surface area contributed by atoms with Crippen LogP contribution in [0.3, 0.4) is 0 Å². The van der Waals surface area contributed by atoms with Crippen molar-refractivity contribution in [1.29, 1.82) is 0 Å². The Bertz CT molecular complexity index is 499. The topological polar surface area (TPSA) is 27.6 Å². The summed E-state index contributed by atoms with van der Waals surface area (Å²) in [6.45, 7) is 6.06. The van der Waals surface area contributed by atoms with Gasteiger partial charge >= 0.3 is 0 Å². The number of benzene rings is 1. The molecule has 1 N–H and O–H groups in total. The third-order valence-electron chi connectivity index (χ3n) is 2.86. The minimum absolute atomic E-state index is 0.578. The molecule has 1 aliphatic rings. The van der Waals surface area contributed by atoms with Gasteiger partial charge in [-0.05, 0) is 35.8 Å². The molecule has 1 aromatic rings. The molecule has 0 atom stereocenters. The van der Waals surface area contributed by atoms with Gasteiger partial charge < -0.3 is 5.32 Å². The number of nitrogens with one attached hydrogen (secondary N) is 1. The summed E-state index contributed by atoms with van der Waals surface area (Å²) in [5.41, 5.74) is 2.25. The van der Waals surface area contributed by atoms with Gasteiger partial charge in [0.1, 0.15) is 0 Å². The predicted molar refractivity (Wildman–Crippen MR) is 87.4 cm³/mol. The summed E-state index contributed by atoms with van der Waals surface area (Å²) in [5, 5.41) is 10.5. The minimum atomic E-state index is 0.578. The van der Waals surface area contributed by atoms with Crippen LogP contribution in [0.1, 0.15) is 25.8 Å². The van der Waals surface area contributed by atoms with E-state index in [2.05, 4.69) is 52.3 Å². The van der Waals surface area contributed by atoms with Gasteiger partial charge in [0.05, 0.1) is 5.71 Å². The normalized spacial score (nSPS) is 14.7. The second-order valence-electron chi connectivity index (χ2n) is 5.01. The van der Waals surface area contributed by atoms with Gasteiger partial charge in [-0.3, -0.25) is 0 Å². The summed E-state index contributed by atoms with van der Waals surface area (Å²) in [4.78, 5) is 0. The maximum absolute atomic E-state index is 5.36. The average molecular weight is 340 g/mol. The first-order valence-corrected chi connectivity index (χ1v) is 7.65. The smallest absolute Gasteiger partial charge is 0.189 e. The molecular weight excluding hydrogens is 322 g/mol. The minimum Gasteiger partial charge on any atom is -0.361 e. The molecule has 0 radical (unpaired) electrons. The lowest BCUT2D eigenvalue weighted by molar-refractivity contribution is 0.471. The van der Waals surface area contributed by atoms with Crippen molar-refractivity contribution < 1.29 is 0 Å². The van der Waals surface area contributed by atoms with E-state index in [1.807, 2.05) is 17.1 Å². The Hall–Kier alpha value is -0.940. The molecule has 0 bridgehead atoms. The Morgan fingerprint density at radius 1 is 1.53 bits per heavy atom. The first-order chi connectivity index (χ1) is 9.06. The molecule has 5 heteroatoms. The molecule has 0 aromatic heterocycles. The van der Waals surface area contributed by atoms with Crippen LogP contribution in [0.4, 0.5) is 0 Å². The van der Waals surface area contributed by atoms with E-state index in [-0.39, 0.29) is 0 Å². The molecule has 19 heavy (non-hydrogen) atoms. The maximum atomic E-state index is 5.36. The number of rotatable bonds is 3. The van der Waals surface area contributed by atoms with Crippen molar-refractivity contribution in [2.24, 2.45) is 11.0 Å². The van der Waals surface area contributed by atoms with Gasteiger partial charge in [-0.25, -0.2) is 5.01 Å². The summed E-state index contributed by atoms with van der Waals surface area (Å²) in [5.74, 6) is 0.578. The fourth-order valence-electron chi connectivity index (χ4n) is 1.86. The predicted octanol–water partition coefficient (Wildman–Crippen LogP) is 3.39. The fourth-order valence-corrected chi connectivity index (χ4v) is 2.47. The maximum Gasteiger partial charge on any atom is 0.189 e. The van der Waals surface area contributed by atoms with Gasteiger partial charge in [0.25, 0.3) is 0 Å². The zero-order valence-corrected chi connectivity index (χ0v) is 13.6. The second-order valence-corrected chi connectivity index (χ2v) is 6.31. The van der Waals surface area contributed by atoms with Crippen LogP contribution < -0.4 is 5.32 Å². The van der Waals surface area contributed by atoms with E-state index in [1.165, 1.54) is 0 Å². The highest BCUT2D eigenvalue weighted by Crippen LogP contribution is 2.17. The lowest BCUT2D eigenvalue weighted by Crippen LogP contribution is -2.36. The Morgan fingerprint density at radius 3 is 3.00 bits per heavy atom. The van der Waals surface area contributed by atoms with Crippen LogP contribution in [-0.2, 0) is 0 Å². The average Bonchev–Trinajstić information content (AvgIpc) is 2.85. The van der Waals surface area contributed by atoms with Crippen molar-refractivity contribution >= 4 is 39.0 Å². The first-order valence-electron chi connectivity index (χ1n) is 6.45. The molecular formula is C14H18BrN3S. The van der Waals surface area contributed by atoms with Gasteiger partial charge in [0, 0.05) is 24.0 Å². The van der Waals surface area contributed by atoms with Crippen LogP contribution in [0.2, 0.25) is 0 Å². The number of hydrazone groups is 1. The second kappa shape index (κ2) is 6.48. The van der Waals surface area contributed by atoms with E-state index in [0.717, 1.165) is 40.4 Å². The van der Waals surface area contributed by atoms with E-state index in [4.69, 9.17) is 12.2 Å². The fraction of sp³-hybridized carbons (Fsp3) is 0.429. The van der Waals surface area contributed by atoms with Crippen LogP contribution in [-0.4, -0.2) is 28.9 Å². The molecule has 1 aromatic carbocycles. The van der Waals surface area contributed by atoms with Gasteiger partial charge in [-0.1, -0.05) is 41.9 Å². The highest BCUT2D eigenvalue weighted by molar-refractivity contribution is 9.10. The largest absolute Gasteiger partial charge is 0.361 e. The number of halogens is 1. The summed E-state index contributed by atoms with van der Waals surface area (Å²) in [7, 11) is 0. The van der Waals surface area contributed by atoms with Crippen molar-refractivity contribution in [3.8, 4) is 0 Å². The molecule has 0 saturated heterocycles. The quantitative estimate of drug-likeness (QED) is 0.855.